The number of carbonyl (C=O) groups is 2. The van der Waals surface area contributed by atoms with Crippen LogP contribution in [0.2, 0.25) is 36.3 Å². The van der Waals surface area contributed by atoms with Gasteiger partial charge >= 0.3 is 5.97 Å². The van der Waals surface area contributed by atoms with Crippen LogP contribution in [-0.2, 0) is 23.2 Å². The molecule has 0 spiro atoms. The van der Waals surface area contributed by atoms with E-state index in [1.165, 1.54) is 0 Å². The Hall–Kier alpha value is -1.69. The number of piperidine rings is 1. The second-order valence-electron chi connectivity index (χ2n) is 15.3. The highest BCUT2D eigenvalue weighted by Gasteiger charge is 2.52. The fourth-order valence-electron chi connectivity index (χ4n) is 4.48. The van der Waals surface area contributed by atoms with Gasteiger partial charge in [0.1, 0.15) is 11.6 Å². The van der Waals surface area contributed by atoms with Gasteiger partial charge in [0.05, 0.1) is 24.8 Å². The summed E-state index contributed by atoms with van der Waals surface area (Å²) in [6, 6.07) is 8.60. The molecule has 0 bridgehead atoms. The molecule has 1 amide bonds. The lowest BCUT2D eigenvalue weighted by Gasteiger charge is -2.53. The van der Waals surface area contributed by atoms with E-state index in [9.17, 15) is 9.59 Å². The molecule has 9 heteroatoms. The van der Waals surface area contributed by atoms with Gasteiger partial charge in [0.15, 0.2) is 16.6 Å². The quantitative estimate of drug-likeness (QED) is 0.262. The molecule has 1 fully saturated rings. The van der Waals surface area contributed by atoms with Crippen molar-refractivity contribution in [2.24, 2.45) is 0 Å². The van der Waals surface area contributed by atoms with Crippen LogP contribution in [0.3, 0.4) is 0 Å². The van der Waals surface area contributed by atoms with Crippen LogP contribution in [-0.4, -0.2) is 64.9 Å². The Balaban J connectivity index is 2.73. The Morgan fingerprint density at radius 2 is 1.43 bits per heavy atom. The zero-order valence-corrected chi connectivity index (χ0v) is 29.6. The van der Waals surface area contributed by atoms with Gasteiger partial charge in [0, 0.05) is 19.0 Å². The number of nitrogens with zero attached hydrogens (tertiary/aromatic N) is 1. The predicted molar refractivity (Wildman–Crippen MR) is 170 cm³/mol. The average Bonchev–Trinajstić information content (AvgIpc) is 2.76. The number of nitrogens with one attached hydrogen (secondary N) is 1. The van der Waals surface area contributed by atoms with Gasteiger partial charge in [-0.3, -0.25) is 4.79 Å². The lowest BCUT2D eigenvalue weighted by atomic mass is 9.87. The van der Waals surface area contributed by atoms with Crippen LogP contribution in [0.25, 0.3) is 0 Å². The molecule has 0 saturated carbocycles. The smallest absolute Gasteiger partial charge is 0.329 e. The van der Waals surface area contributed by atoms with Crippen molar-refractivity contribution in [3.8, 4) is 0 Å². The Morgan fingerprint density at radius 3 is 1.88 bits per heavy atom. The van der Waals surface area contributed by atoms with Gasteiger partial charge in [-0.1, -0.05) is 59.7 Å². The third-order valence-corrected chi connectivity index (χ3v) is 17.7. The second-order valence-corrected chi connectivity index (χ2v) is 24.9. The summed E-state index contributed by atoms with van der Waals surface area (Å²) >= 11 is 0. The molecule has 1 saturated heterocycles. The molecule has 1 aromatic carbocycles. The summed E-state index contributed by atoms with van der Waals surface area (Å²) in [5.74, 6) is -0.423. The third kappa shape index (κ3) is 8.66. The molecule has 0 aromatic heterocycles. The molecule has 1 N–H and O–H groups in total. The van der Waals surface area contributed by atoms with Gasteiger partial charge in [-0.05, 0) is 69.2 Å². The highest BCUT2D eigenvalue weighted by atomic mass is 28.4. The number of esters is 1. The molecule has 1 heterocycles. The lowest BCUT2D eigenvalue weighted by Crippen LogP contribution is -2.70. The second kappa shape index (κ2) is 12.3. The van der Waals surface area contributed by atoms with E-state index < -0.39 is 28.3 Å². The van der Waals surface area contributed by atoms with E-state index in [1.807, 2.05) is 51.1 Å². The van der Waals surface area contributed by atoms with Crippen molar-refractivity contribution in [1.82, 2.24) is 5.32 Å². The van der Waals surface area contributed by atoms with Crippen molar-refractivity contribution >= 4 is 34.2 Å². The van der Waals surface area contributed by atoms with Crippen LogP contribution in [0, 0.1) is 0 Å². The zero-order valence-electron chi connectivity index (χ0n) is 27.6. The average molecular weight is 593 g/mol. The molecule has 2 rings (SSSR count). The SMILES string of the molecule is CC(=O)N[C@@H]1[C@@H](O[Si](C)(C)C(C)(C)C)C[C@@H](C(=O)OC(C)(C)C)N(c2ccccc2)[C@H]1CO[Si](C)(C)C(C)(C)C. The van der Waals surface area contributed by atoms with Crippen LogP contribution < -0.4 is 10.2 Å². The summed E-state index contributed by atoms with van der Waals surface area (Å²) in [6.07, 6.45) is 0.0213. The standard InChI is InChI=1S/C31H56N2O5Si2/c1-22(34)32-27-25(21-36-39(11,12)30(5,6)7)33(23-18-16-15-17-19-23)24(28(35)37-29(2,3)4)20-26(27)38-40(13,14)31(8,9)10/h15-19,24-27H,20-21H2,1-14H3,(H,32,34)/t24-,25-,26-,27-/m0/s1. The minimum atomic E-state index is -2.27. The van der Waals surface area contributed by atoms with E-state index in [-0.39, 0.29) is 40.1 Å². The van der Waals surface area contributed by atoms with Crippen LogP contribution in [0.15, 0.2) is 30.3 Å². The van der Waals surface area contributed by atoms with Crippen LogP contribution >= 0.6 is 0 Å². The van der Waals surface area contributed by atoms with Crippen LogP contribution in [0.4, 0.5) is 5.69 Å². The molecule has 0 radical (unpaired) electrons. The number of ether oxygens (including phenoxy) is 1. The molecule has 1 aliphatic heterocycles. The number of hydrogen-bond acceptors (Lipinski definition) is 6. The van der Waals surface area contributed by atoms with Crippen molar-refractivity contribution in [1.29, 1.82) is 0 Å². The van der Waals surface area contributed by atoms with Crippen molar-refractivity contribution in [3.05, 3.63) is 30.3 Å². The molecule has 1 aromatic rings. The normalized spacial score (nSPS) is 23.1. The fourth-order valence-corrected chi connectivity index (χ4v) is 6.85. The van der Waals surface area contributed by atoms with E-state index in [1.54, 1.807) is 6.92 Å². The first-order valence-corrected chi connectivity index (χ1v) is 20.4. The molecule has 1 aliphatic rings. The molecule has 0 unspecified atom stereocenters. The number of anilines is 1. The maximum absolute atomic E-state index is 13.9. The Kier molecular flexibility index (Phi) is 10.6. The Bertz CT molecular complexity index is 1010. The van der Waals surface area contributed by atoms with Crippen molar-refractivity contribution < 1.29 is 23.2 Å². The molecular formula is C31H56N2O5Si2. The monoisotopic (exact) mass is 592 g/mol. The van der Waals surface area contributed by atoms with Gasteiger partial charge in [-0.25, -0.2) is 4.79 Å². The predicted octanol–water partition coefficient (Wildman–Crippen LogP) is 6.89. The van der Waals surface area contributed by atoms with E-state index in [4.69, 9.17) is 13.6 Å². The fraction of sp³-hybridized carbons (Fsp3) is 0.742. The molecular weight excluding hydrogens is 537 g/mol. The Labute approximate surface area is 246 Å². The number of amides is 1. The summed E-state index contributed by atoms with van der Waals surface area (Å²) in [7, 11) is -4.43. The summed E-state index contributed by atoms with van der Waals surface area (Å²) < 4.78 is 19.8. The van der Waals surface area contributed by atoms with Gasteiger partial charge in [-0.2, -0.15) is 0 Å². The number of hydrogen-bond donors (Lipinski definition) is 1. The number of benzene rings is 1. The topological polar surface area (TPSA) is 77.1 Å². The lowest BCUT2D eigenvalue weighted by molar-refractivity contribution is -0.158. The molecule has 0 aliphatic carbocycles. The van der Waals surface area contributed by atoms with Crippen LogP contribution in [0.1, 0.15) is 75.7 Å². The summed E-state index contributed by atoms with van der Waals surface area (Å²) in [6.45, 7) is 29.7. The van der Waals surface area contributed by atoms with Crippen molar-refractivity contribution in [2.75, 3.05) is 11.5 Å². The molecule has 7 nitrogen and oxygen atoms in total. The minimum Gasteiger partial charge on any atom is -0.458 e. The van der Waals surface area contributed by atoms with Gasteiger partial charge in [0.25, 0.3) is 0 Å². The van der Waals surface area contributed by atoms with Gasteiger partial charge in [0.2, 0.25) is 5.91 Å². The summed E-state index contributed by atoms with van der Waals surface area (Å²) in [4.78, 5) is 28.7. The summed E-state index contributed by atoms with van der Waals surface area (Å²) in [5.41, 5.74) is 0.250. The van der Waals surface area contributed by atoms with E-state index in [2.05, 4.69) is 77.9 Å². The molecule has 228 valence electrons. The molecule has 40 heavy (non-hydrogen) atoms. The third-order valence-electron chi connectivity index (χ3n) is 8.74. The maximum atomic E-state index is 13.9. The first-order chi connectivity index (χ1) is 18.0. The first kappa shape index (κ1) is 34.5. The number of carbonyl (C=O) groups excluding carboxylic acids is 2. The number of para-hydroxylation sites is 1. The van der Waals surface area contributed by atoms with Gasteiger partial charge in [-0.15, -0.1) is 0 Å². The van der Waals surface area contributed by atoms with Crippen molar-refractivity contribution in [3.63, 3.8) is 0 Å². The first-order valence-electron chi connectivity index (χ1n) is 14.6. The van der Waals surface area contributed by atoms with Gasteiger partial charge < -0.3 is 23.8 Å². The highest BCUT2D eigenvalue weighted by molar-refractivity contribution is 6.74. The zero-order chi connectivity index (χ0) is 30.9. The maximum Gasteiger partial charge on any atom is 0.329 e. The Morgan fingerprint density at radius 1 is 0.900 bits per heavy atom. The van der Waals surface area contributed by atoms with E-state index in [0.29, 0.717) is 13.0 Å². The largest absolute Gasteiger partial charge is 0.458 e. The van der Waals surface area contributed by atoms with Crippen LogP contribution in [0.5, 0.6) is 0 Å². The van der Waals surface area contributed by atoms with E-state index >= 15 is 0 Å². The molecule has 4 atom stereocenters. The highest BCUT2D eigenvalue weighted by Crippen LogP contribution is 2.42. The van der Waals surface area contributed by atoms with Crippen molar-refractivity contribution in [2.45, 2.75) is 142 Å². The summed E-state index contributed by atoms with van der Waals surface area (Å²) in [5, 5.41) is 3.20. The number of rotatable bonds is 8. The van der Waals surface area contributed by atoms with E-state index in [0.717, 1.165) is 5.69 Å². The minimum absolute atomic E-state index is 0.00432.